The lowest BCUT2D eigenvalue weighted by molar-refractivity contribution is -0.137. The second kappa shape index (κ2) is 15.1. The first-order valence-corrected chi connectivity index (χ1v) is 17.6. The van der Waals surface area contributed by atoms with Crippen LogP contribution in [0.3, 0.4) is 0 Å². The van der Waals surface area contributed by atoms with E-state index in [9.17, 15) is 33.0 Å². The van der Waals surface area contributed by atoms with Gasteiger partial charge in [0, 0.05) is 29.1 Å². The van der Waals surface area contributed by atoms with Crippen LogP contribution in [0.1, 0.15) is 110 Å². The summed E-state index contributed by atoms with van der Waals surface area (Å²) in [6, 6.07) is 19.1. The van der Waals surface area contributed by atoms with Gasteiger partial charge in [-0.25, -0.2) is 4.79 Å². The molecule has 1 fully saturated rings. The predicted molar refractivity (Wildman–Crippen MR) is 189 cm³/mol. The van der Waals surface area contributed by atoms with Crippen molar-refractivity contribution in [2.24, 2.45) is 5.41 Å². The maximum atomic E-state index is 14.3. The van der Waals surface area contributed by atoms with Gasteiger partial charge in [0.1, 0.15) is 0 Å². The number of amides is 2. The number of rotatable bonds is 7. The number of fused-ring (bicyclic) bond motifs is 8. The number of hydrogen-bond donors (Lipinski definition) is 3. The lowest BCUT2D eigenvalue weighted by Crippen LogP contribution is -2.55. The smallest absolute Gasteiger partial charge is 0.393 e. The van der Waals surface area contributed by atoms with E-state index in [0.29, 0.717) is 56.1 Å². The zero-order valence-electron chi connectivity index (χ0n) is 29.4. The third kappa shape index (κ3) is 8.32. The summed E-state index contributed by atoms with van der Waals surface area (Å²) >= 11 is 0. The number of carbonyl (C=O) groups is 2. The van der Waals surface area contributed by atoms with Crippen LogP contribution in [0, 0.1) is 5.41 Å². The van der Waals surface area contributed by atoms with E-state index in [1.54, 1.807) is 11.0 Å². The Balaban J connectivity index is 1.61. The molecule has 2 amide bonds. The molecule has 3 aliphatic carbocycles. The van der Waals surface area contributed by atoms with Gasteiger partial charge < -0.3 is 20.4 Å². The normalized spacial score (nSPS) is 24.3. The maximum absolute atomic E-state index is 14.3. The first-order valence-electron chi connectivity index (χ1n) is 17.6. The van der Waals surface area contributed by atoms with E-state index in [1.165, 1.54) is 12.1 Å². The molecule has 50 heavy (non-hydrogen) atoms. The van der Waals surface area contributed by atoms with E-state index in [-0.39, 0.29) is 42.2 Å². The lowest BCUT2D eigenvalue weighted by atomic mass is 9.64. The number of halogens is 3. The third-order valence-corrected chi connectivity index (χ3v) is 10.7. The highest BCUT2D eigenvalue weighted by atomic mass is 19.4. The van der Waals surface area contributed by atoms with Gasteiger partial charge in [-0.3, -0.25) is 4.79 Å². The van der Waals surface area contributed by atoms with Crippen LogP contribution in [0.15, 0.2) is 84.4 Å². The van der Waals surface area contributed by atoms with Gasteiger partial charge in [0.25, 0.3) is 0 Å². The molecule has 2 bridgehead atoms. The Morgan fingerprint density at radius 3 is 2.44 bits per heavy atom. The number of carbonyl (C=O) groups excluding carboxylic acids is 2. The predicted octanol–water partition coefficient (Wildman–Crippen LogP) is 8.60. The molecule has 9 heteroatoms. The number of alkyl halides is 3. The van der Waals surface area contributed by atoms with E-state index in [1.807, 2.05) is 70.2 Å². The topological polar surface area (TPSA) is 89.9 Å². The summed E-state index contributed by atoms with van der Waals surface area (Å²) < 4.78 is 41.1. The van der Waals surface area contributed by atoms with E-state index in [2.05, 4.69) is 11.4 Å². The van der Waals surface area contributed by atoms with Crippen LogP contribution in [-0.2, 0) is 19.1 Å². The molecule has 268 valence electrons. The van der Waals surface area contributed by atoms with Gasteiger partial charge in [-0.2, -0.15) is 13.2 Å². The van der Waals surface area contributed by atoms with Crippen molar-refractivity contribution in [3.63, 3.8) is 0 Å². The van der Waals surface area contributed by atoms with Crippen molar-refractivity contribution in [3.05, 3.63) is 118 Å². The molecule has 4 atom stereocenters. The number of benzene rings is 3. The van der Waals surface area contributed by atoms with Gasteiger partial charge >= 0.3 is 12.2 Å². The number of ketones is 1. The molecule has 1 saturated carbocycles. The summed E-state index contributed by atoms with van der Waals surface area (Å²) in [5, 5.41) is 26.7. The van der Waals surface area contributed by atoms with Crippen molar-refractivity contribution in [1.82, 2.24) is 10.2 Å². The molecular formula is C41H49F3N2O4. The molecule has 3 aromatic carbocycles. The largest absolute Gasteiger partial charge is 0.416 e. The van der Waals surface area contributed by atoms with E-state index < -0.39 is 34.6 Å². The van der Waals surface area contributed by atoms with E-state index >= 15 is 0 Å². The minimum Gasteiger partial charge on any atom is -0.393 e. The number of aliphatic hydroxyl groups excluding tert-OH is 1. The summed E-state index contributed by atoms with van der Waals surface area (Å²) in [4.78, 5) is 29.6. The number of nitrogens with zero attached hydrogens (tertiary/aromatic N) is 1. The van der Waals surface area contributed by atoms with Crippen molar-refractivity contribution < 1.29 is 33.0 Å². The number of hydrogen-bond acceptors (Lipinski definition) is 4. The summed E-state index contributed by atoms with van der Waals surface area (Å²) in [6.45, 7) is 8.18. The van der Waals surface area contributed by atoms with Crippen LogP contribution in [0.2, 0.25) is 0 Å². The van der Waals surface area contributed by atoms with E-state index in [4.69, 9.17) is 0 Å². The van der Waals surface area contributed by atoms with Gasteiger partial charge in [-0.15, -0.1) is 0 Å². The zero-order valence-corrected chi connectivity index (χ0v) is 29.4. The van der Waals surface area contributed by atoms with Gasteiger partial charge in [0.05, 0.1) is 23.8 Å². The second-order valence-corrected chi connectivity index (χ2v) is 14.8. The quantitative estimate of drug-likeness (QED) is 0.171. The van der Waals surface area contributed by atoms with Crippen LogP contribution in [0.5, 0.6) is 0 Å². The zero-order chi connectivity index (χ0) is 36.3. The van der Waals surface area contributed by atoms with Gasteiger partial charge in [0.15, 0.2) is 5.78 Å². The van der Waals surface area contributed by atoms with Crippen molar-refractivity contribution >= 4 is 11.8 Å². The fourth-order valence-electron chi connectivity index (χ4n) is 7.85. The molecule has 0 aliphatic heterocycles. The molecular weight excluding hydrogens is 641 g/mol. The van der Waals surface area contributed by atoms with Crippen LogP contribution in [0.25, 0.3) is 0 Å². The molecule has 0 aromatic heterocycles. The summed E-state index contributed by atoms with van der Waals surface area (Å²) in [7, 11) is 0. The molecule has 3 aromatic rings. The van der Waals surface area contributed by atoms with Crippen molar-refractivity contribution in [2.45, 2.75) is 109 Å². The molecule has 0 heterocycles. The molecule has 6 rings (SSSR count). The summed E-state index contributed by atoms with van der Waals surface area (Å²) in [5.41, 5.74) is 0.539. The Kier molecular flexibility index (Phi) is 11.3. The first-order chi connectivity index (χ1) is 23.6. The first kappa shape index (κ1) is 37.3. The highest BCUT2D eigenvalue weighted by Gasteiger charge is 2.57. The molecule has 3 aliphatic rings. The minimum absolute atomic E-state index is 0.0529. The summed E-state index contributed by atoms with van der Waals surface area (Å²) in [6.07, 6.45) is 0.396. The summed E-state index contributed by atoms with van der Waals surface area (Å²) in [5.74, 6) is -0.885. The Morgan fingerprint density at radius 1 is 1.00 bits per heavy atom. The molecule has 0 radical (unpaired) electrons. The van der Waals surface area contributed by atoms with Crippen LogP contribution >= 0.6 is 0 Å². The molecule has 0 unspecified atom stereocenters. The number of aliphatic hydroxyl groups is 2. The number of nitrogens with one attached hydrogen (secondary N) is 1. The van der Waals surface area contributed by atoms with Crippen LogP contribution in [0.4, 0.5) is 18.0 Å². The Labute approximate surface area is 293 Å². The molecule has 6 nitrogen and oxygen atoms in total. The Bertz CT molecular complexity index is 1710. The van der Waals surface area contributed by atoms with Crippen LogP contribution < -0.4 is 5.32 Å². The lowest BCUT2D eigenvalue weighted by Gasteiger charge is -2.46. The average Bonchev–Trinajstić information content (AvgIpc) is 3.31. The Morgan fingerprint density at radius 2 is 1.74 bits per heavy atom. The van der Waals surface area contributed by atoms with Crippen molar-refractivity contribution in [1.29, 1.82) is 0 Å². The van der Waals surface area contributed by atoms with Crippen LogP contribution in [-0.4, -0.2) is 51.2 Å². The number of urea groups is 1. The van der Waals surface area contributed by atoms with Gasteiger partial charge in [0.2, 0.25) is 0 Å². The van der Waals surface area contributed by atoms with Gasteiger partial charge in [-0.05, 0) is 107 Å². The Hall–Kier alpha value is -3.95. The van der Waals surface area contributed by atoms with Gasteiger partial charge in [-0.1, -0.05) is 73.2 Å². The van der Waals surface area contributed by atoms with Crippen molar-refractivity contribution in [3.8, 4) is 0 Å². The van der Waals surface area contributed by atoms with Crippen molar-refractivity contribution in [2.75, 3.05) is 6.54 Å². The molecule has 0 spiro atoms. The fourth-order valence-corrected chi connectivity index (χ4v) is 7.85. The molecule has 3 N–H and O–H groups in total. The second-order valence-electron chi connectivity index (χ2n) is 14.8. The highest BCUT2D eigenvalue weighted by molar-refractivity contribution is 6.10. The highest BCUT2D eigenvalue weighted by Crippen LogP contribution is 2.59. The average molecular weight is 691 g/mol. The fraction of sp³-hybridized carbons (Fsp3) is 0.463. The SMILES string of the molecule is CC1=CCC[C@@]2(C)[C@@H](CC[C@@]2(O)CN(Cc2ccccc2)C(=O)NC(C)C)c2ccc(cc2C(=O)c2cccc(C(F)(F)F)c2)C[C@@H](O)CC1. The minimum atomic E-state index is -4.61. The van der Waals surface area contributed by atoms with E-state index in [0.717, 1.165) is 23.3 Å². The molecule has 0 saturated heterocycles. The third-order valence-electron chi connectivity index (χ3n) is 10.7. The monoisotopic (exact) mass is 690 g/mol. The standard InChI is InChI=1S/C41H49F3N2O4/c1-27(2)45-38(49)46(25-29-11-6-5-7-12-29)26-40(50)21-19-36-34-18-16-30(22-33(47)17-15-28(3)10-9-20-39(36,40)4)23-35(34)37(48)31-13-8-14-32(24-31)41(42,43)44/h5-8,10-14,16,18,23-24,27,33,36,47,50H,9,15,17,19-22,25-26H2,1-4H3,(H,45,49)/t33-,36-,39-,40+/m0/s1. The number of allylic oxidation sites excluding steroid dienone is 2. The maximum Gasteiger partial charge on any atom is 0.416 e.